The van der Waals surface area contributed by atoms with E-state index in [0.717, 1.165) is 25.9 Å². The van der Waals surface area contributed by atoms with Crippen LogP contribution in [0.5, 0.6) is 0 Å². The van der Waals surface area contributed by atoms with E-state index in [0.29, 0.717) is 13.2 Å². The minimum Gasteiger partial charge on any atom is -0.378 e. The molecule has 1 heterocycles. The molecule has 0 radical (unpaired) electrons. The second-order valence-corrected chi connectivity index (χ2v) is 10.1. The van der Waals surface area contributed by atoms with Crippen LogP contribution in [0.15, 0.2) is 24.3 Å². The van der Waals surface area contributed by atoms with Gasteiger partial charge >= 0.3 is 0 Å². The Kier molecular flexibility index (Phi) is 5.97. The Morgan fingerprint density at radius 3 is 2.52 bits per heavy atom. The van der Waals surface area contributed by atoms with Gasteiger partial charge in [0, 0.05) is 19.1 Å². The van der Waals surface area contributed by atoms with Crippen LogP contribution in [0, 0.1) is 17.8 Å². The first-order valence-electron chi connectivity index (χ1n) is 10.3. The number of morpholine rings is 1. The van der Waals surface area contributed by atoms with Crippen LogP contribution in [0.4, 0.5) is 0 Å². The number of nitrogens with zero attached hydrogens (tertiary/aromatic N) is 1. The summed E-state index contributed by atoms with van der Waals surface area (Å²) in [6.07, 6.45) is 3.30. The molecule has 1 saturated carbocycles. The highest BCUT2D eigenvalue weighted by Crippen LogP contribution is 2.45. The highest BCUT2D eigenvalue weighted by atomic mass is 16.5. The first-order valence-corrected chi connectivity index (χ1v) is 10.3. The van der Waals surface area contributed by atoms with E-state index in [9.17, 15) is 4.79 Å². The van der Waals surface area contributed by atoms with Gasteiger partial charge in [0.1, 0.15) is 6.04 Å². The molecule has 4 heteroatoms. The number of benzene rings is 1. The van der Waals surface area contributed by atoms with Crippen molar-refractivity contribution >= 4 is 5.91 Å². The van der Waals surface area contributed by atoms with Crippen LogP contribution in [0.3, 0.4) is 0 Å². The Labute approximate surface area is 164 Å². The number of carbonyl (C=O) groups is 1. The number of ether oxygens (including phenoxy) is 1. The van der Waals surface area contributed by atoms with E-state index in [-0.39, 0.29) is 28.8 Å². The average molecular weight is 373 g/mol. The maximum Gasteiger partial charge on any atom is 0.239 e. The van der Waals surface area contributed by atoms with E-state index in [4.69, 9.17) is 4.74 Å². The summed E-state index contributed by atoms with van der Waals surface area (Å²) in [6, 6.07) is 8.48. The fraction of sp³-hybridized carbons (Fsp3) is 0.696. The lowest BCUT2D eigenvalue weighted by Crippen LogP contribution is -2.56. The van der Waals surface area contributed by atoms with Gasteiger partial charge in [-0.25, -0.2) is 0 Å². The van der Waals surface area contributed by atoms with Crippen molar-refractivity contribution in [2.45, 2.75) is 72.5 Å². The van der Waals surface area contributed by atoms with Crippen LogP contribution in [-0.4, -0.2) is 42.6 Å². The molecule has 4 nitrogen and oxygen atoms in total. The molecule has 2 aliphatic rings. The molecule has 1 unspecified atom stereocenters. The second-order valence-electron chi connectivity index (χ2n) is 10.1. The maximum absolute atomic E-state index is 13.1. The van der Waals surface area contributed by atoms with Gasteiger partial charge in [0.15, 0.2) is 0 Å². The SMILES string of the molecule is Cc1ccccc1CN1CCOCC1C(=O)NC1CC(C)(C)CC(C)(C)C1. The predicted octanol–water partition coefficient (Wildman–Crippen LogP) is 3.92. The van der Waals surface area contributed by atoms with Gasteiger partial charge in [0.05, 0.1) is 13.2 Å². The largest absolute Gasteiger partial charge is 0.378 e. The third kappa shape index (κ3) is 5.32. The van der Waals surface area contributed by atoms with Crippen molar-refractivity contribution in [2.24, 2.45) is 10.8 Å². The highest BCUT2D eigenvalue weighted by Gasteiger charge is 2.40. The lowest BCUT2D eigenvalue weighted by molar-refractivity contribution is -0.134. The molecule has 0 aromatic heterocycles. The smallest absolute Gasteiger partial charge is 0.239 e. The van der Waals surface area contributed by atoms with Crippen molar-refractivity contribution in [3.05, 3.63) is 35.4 Å². The summed E-state index contributed by atoms with van der Waals surface area (Å²) in [4.78, 5) is 15.4. The molecule has 1 atom stereocenters. The molecule has 1 aliphatic carbocycles. The van der Waals surface area contributed by atoms with Gasteiger partial charge in [-0.1, -0.05) is 52.0 Å². The third-order valence-corrected chi connectivity index (χ3v) is 6.08. The third-order valence-electron chi connectivity index (χ3n) is 6.08. The number of amides is 1. The fourth-order valence-electron chi connectivity index (χ4n) is 5.32. The van der Waals surface area contributed by atoms with Crippen molar-refractivity contribution < 1.29 is 9.53 Å². The van der Waals surface area contributed by atoms with Crippen LogP contribution >= 0.6 is 0 Å². The molecule has 2 fully saturated rings. The number of aryl methyl sites for hydroxylation is 1. The van der Waals surface area contributed by atoms with E-state index < -0.39 is 0 Å². The monoisotopic (exact) mass is 372 g/mol. The number of hydrogen-bond donors (Lipinski definition) is 1. The molecular weight excluding hydrogens is 336 g/mol. The Balaban J connectivity index is 1.67. The first kappa shape index (κ1) is 20.3. The van der Waals surface area contributed by atoms with Crippen molar-refractivity contribution in [1.82, 2.24) is 10.2 Å². The Morgan fingerprint density at radius 2 is 1.85 bits per heavy atom. The zero-order chi connectivity index (χ0) is 19.7. The van der Waals surface area contributed by atoms with Crippen molar-refractivity contribution in [3.8, 4) is 0 Å². The van der Waals surface area contributed by atoms with E-state index >= 15 is 0 Å². The predicted molar refractivity (Wildman–Crippen MR) is 110 cm³/mol. The minimum atomic E-state index is -0.202. The summed E-state index contributed by atoms with van der Waals surface area (Å²) >= 11 is 0. The molecule has 0 bridgehead atoms. The van der Waals surface area contributed by atoms with E-state index in [1.807, 2.05) is 0 Å². The number of rotatable bonds is 4. The van der Waals surface area contributed by atoms with E-state index in [1.165, 1.54) is 17.5 Å². The van der Waals surface area contributed by atoms with Crippen LogP contribution in [0.1, 0.15) is 58.1 Å². The summed E-state index contributed by atoms with van der Waals surface area (Å²) in [5, 5.41) is 3.37. The van der Waals surface area contributed by atoms with Crippen LogP contribution in [-0.2, 0) is 16.1 Å². The molecular formula is C23H36N2O2. The van der Waals surface area contributed by atoms with Crippen LogP contribution in [0.2, 0.25) is 0 Å². The highest BCUT2D eigenvalue weighted by molar-refractivity contribution is 5.82. The van der Waals surface area contributed by atoms with Gasteiger partial charge in [-0.15, -0.1) is 0 Å². The van der Waals surface area contributed by atoms with Gasteiger partial charge in [0.2, 0.25) is 5.91 Å². The zero-order valence-corrected chi connectivity index (χ0v) is 17.7. The van der Waals surface area contributed by atoms with Gasteiger partial charge in [0.25, 0.3) is 0 Å². The van der Waals surface area contributed by atoms with E-state index in [2.05, 4.69) is 69.1 Å². The van der Waals surface area contributed by atoms with Crippen LogP contribution < -0.4 is 5.32 Å². The van der Waals surface area contributed by atoms with Crippen molar-refractivity contribution in [3.63, 3.8) is 0 Å². The summed E-state index contributed by atoms with van der Waals surface area (Å²) in [7, 11) is 0. The lowest BCUT2D eigenvalue weighted by atomic mass is 9.63. The molecule has 1 aromatic rings. The molecule has 27 heavy (non-hydrogen) atoms. The Bertz CT molecular complexity index is 652. The minimum absolute atomic E-state index is 0.127. The number of hydrogen-bond acceptors (Lipinski definition) is 3. The topological polar surface area (TPSA) is 41.6 Å². The van der Waals surface area contributed by atoms with Crippen LogP contribution in [0.25, 0.3) is 0 Å². The van der Waals surface area contributed by atoms with Gasteiger partial charge in [-0.05, 0) is 48.1 Å². The van der Waals surface area contributed by atoms with Gasteiger partial charge in [-0.2, -0.15) is 0 Å². The van der Waals surface area contributed by atoms with Crippen molar-refractivity contribution in [1.29, 1.82) is 0 Å². The standard InChI is InChI=1S/C23H36N2O2/c1-17-8-6-7-9-18(17)14-25-10-11-27-15-20(25)21(26)24-19-12-22(2,3)16-23(4,5)13-19/h6-9,19-20H,10-16H2,1-5H3,(H,24,26). The van der Waals surface area contributed by atoms with Gasteiger partial charge < -0.3 is 10.1 Å². The quantitative estimate of drug-likeness (QED) is 0.871. The molecule has 1 aliphatic heterocycles. The molecule has 1 amide bonds. The maximum atomic E-state index is 13.1. The molecule has 1 N–H and O–H groups in total. The fourth-order valence-corrected chi connectivity index (χ4v) is 5.32. The Morgan fingerprint density at radius 1 is 1.19 bits per heavy atom. The number of nitrogens with one attached hydrogen (secondary N) is 1. The first-order chi connectivity index (χ1) is 12.7. The normalized spacial score (nSPS) is 25.9. The summed E-state index contributed by atoms with van der Waals surface area (Å²) in [5.74, 6) is 0.127. The van der Waals surface area contributed by atoms with Crippen molar-refractivity contribution in [2.75, 3.05) is 19.8 Å². The molecule has 150 valence electrons. The van der Waals surface area contributed by atoms with E-state index in [1.54, 1.807) is 0 Å². The van der Waals surface area contributed by atoms with Gasteiger partial charge in [-0.3, -0.25) is 9.69 Å². The lowest BCUT2D eigenvalue weighted by Gasteiger charge is -2.45. The number of carbonyl (C=O) groups excluding carboxylic acids is 1. The zero-order valence-electron chi connectivity index (χ0n) is 17.7. The summed E-state index contributed by atoms with van der Waals surface area (Å²) in [5.41, 5.74) is 3.10. The average Bonchev–Trinajstić information content (AvgIpc) is 2.54. The molecule has 1 aromatic carbocycles. The Hall–Kier alpha value is -1.39. The molecule has 1 saturated heterocycles. The summed E-state index contributed by atoms with van der Waals surface area (Å²) < 4.78 is 5.67. The second kappa shape index (κ2) is 7.92. The molecule has 0 spiro atoms. The molecule has 3 rings (SSSR count). The summed E-state index contributed by atoms with van der Waals surface area (Å²) in [6.45, 7) is 14.2.